The maximum Gasteiger partial charge on any atom is 0.407 e. The van der Waals surface area contributed by atoms with Crippen molar-refractivity contribution in [2.45, 2.75) is 59.2 Å². The van der Waals surface area contributed by atoms with E-state index in [9.17, 15) is 18.8 Å². The van der Waals surface area contributed by atoms with Crippen molar-refractivity contribution < 1.29 is 23.5 Å². The second-order valence-electron chi connectivity index (χ2n) is 10.9. The molecule has 39 heavy (non-hydrogen) atoms. The standard InChI is InChI=1S/C29H36FN5O4/c1-5-31-28(38)39-21-9-8-16-34(18-21)27(37)25(29(2,3)4)32-26(36)24-22-10-6-7-11-23(22)35(33-24)17-19-12-14-20(30)15-13-19/h6-7,10-15,21,25H,5,8-9,16-18H2,1-4H3,(H,31,38)(H,32,36). The van der Waals surface area contributed by atoms with Gasteiger partial charge in [-0.15, -0.1) is 0 Å². The third-order valence-corrected chi connectivity index (χ3v) is 6.79. The van der Waals surface area contributed by atoms with Crippen LogP contribution in [0.4, 0.5) is 9.18 Å². The van der Waals surface area contributed by atoms with Gasteiger partial charge in [-0.2, -0.15) is 5.10 Å². The van der Waals surface area contributed by atoms with Crippen LogP contribution in [0, 0.1) is 11.2 Å². The molecule has 2 N–H and O–H groups in total. The van der Waals surface area contributed by atoms with Gasteiger partial charge in [-0.3, -0.25) is 14.3 Å². The predicted molar refractivity (Wildman–Crippen MR) is 146 cm³/mol. The summed E-state index contributed by atoms with van der Waals surface area (Å²) in [6, 6.07) is 12.7. The van der Waals surface area contributed by atoms with E-state index in [0.29, 0.717) is 37.9 Å². The SMILES string of the molecule is CCNC(=O)OC1CCCN(C(=O)C(NC(=O)c2nn(Cc3ccc(F)cc3)c3ccccc23)C(C)(C)C)C1. The predicted octanol–water partition coefficient (Wildman–Crippen LogP) is 4.11. The number of carbonyl (C=O) groups is 3. The number of nitrogens with one attached hydrogen (secondary N) is 2. The van der Waals surface area contributed by atoms with E-state index in [-0.39, 0.29) is 24.0 Å². The Morgan fingerprint density at radius 3 is 2.54 bits per heavy atom. The quantitative estimate of drug-likeness (QED) is 0.472. The Kier molecular flexibility index (Phi) is 8.52. The van der Waals surface area contributed by atoms with Gasteiger partial charge in [0.1, 0.15) is 18.0 Å². The number of nitrogens with zero attached hydrogens (tertiary/aromatic N) is 3. The fraction of sp³-hybridized carbons (Fsp3) is 0.448. The summed E-state index contributed by atoms with van der Waals surface area (Å²) < 4.78 is 20.6. The molecule has 1 aliphatic heterocycles. The maximum atomic E-state index is 13.7. The summed E-state index contributed by atoms with van der Waals surface area (Å²) in [5.41, 5.74) is 1.22. The number of hydrogen-bond donors (Lipinski definition) is 2. The van der Waals surface area contributed by atoms with Crippen LogP contribution in [-0.4, -0.2) is 64.4 Å². The first-order valence-corrected chi connectivity index (χ1v) is 13.3. The molecule has 1 fully saturated rings. The number of benzene rings is 2. The summed E-state index contributed by atoms with van der Waals surface area (Å²) in [5, 5.41) is 10.8. The highest BCUT2D eigenvalue weighted by Crippen LogP contribution is 2.25. The molecule has 2 unspecified atom stereocenters. The van der Waals surface area contributed by atoms with Crippen LogP contribution >= 0.6 is 0 Å². The first-order chi connectivity index (χ1) is 18.6. The van der Waals surface area contributed by atoms with E-state index in [4.69, 9.17) is 4.74 Å². The van der Waals surface area contributed by atoms with Crippen LogP contribution in [0.1, 0.15) is 56.6 Å². The van der Waals surface area contributed by atoms with Crippen LogP contribution in [-0.2, 0) is 16.1 Å². The minimum atomic E-state index is -0.825. The molecule has 2 heterocycles. The Hall–Kier alpha value is -3.95. The molecular formula is C29H36FN5O4. The van der Waals surface area contributed by atoms with Gasteiger partial charge in [0, 0.05) is 18.5 Å². The summed E-state index contributed by atoms with van der Waals surface area (Å²) in [7, 11) is 0. The van der Waals surface area contributed by atoms with E-state index < -0.39 is 29.6 Å². The van der Waals surface area contributed by atoms with Crippen molar-refractivity contribution >= 4 is 28.8 Å². The average Bonchev–Trinajstić information content (AvgIpc) is 3.26. The zero-order valence-electron chi connectivity index (χ0n) is 22.9. The van der Waals surface area contributed by atoms with E-state index in [1.54, 1.807) is 21.7 Å². The van der Waals surface area contributed by atoms with Crippen molar-refractivity contribution in [2.24, 2.45) is 5.41 Å². The summed E-state index contributed by atoms with van der Waals surface area (Å²) in [5.74, 6) is -1.00. The van der Waals surface area contributed by atoms with Gasteiger partial charge in [-0.25, -0.2) is 9.18 Å². The molecule has 208 valence electrons. The number of amides is 3. The van der Waals surface area contributed by atoms with E-state index in [1.807, 2.05) is 52.0 Å². The fourth-order valence-corrected chi connectivity index (χ4v) is 4.78. The average molecular weight is 538 g/mol. The number of para-hydroxylation sites is 1. The molecule has 3 aromatic rings. The normalized spacial score (nSPS) is 16.5. The zero-order chi connectivity index (χ0) is 28.2. The Labute approximate surface area is 227 Å². The second-order valence-corrected chi connectivity index (χ2v) is 10.9. The van der Waals surface area contributed by atoms with Crippen molar-refractivity contribution in [3.8, 4) is 0 Å². The molecular weight excluding hydrogens is 501 g/mol. The number of piperidine rings is 1. The molecule has 4 rings (SSSR count). The molecule has 0 aliphatic carbocycles. The molecule has 0 saturated carbocycles. The number of alkyl carbamates (subject to hydrolysis) is 1. The molecule has 1 aromatic heterocycles. The number of fused-ring (bicyclic) bond motifs is 1. The number of ether oxygens (including phenoxy) is 1. The van der Waals surface area contributed by atoms with Gasteiger partial charge in [-0.05, 0) is 48.9 Å². The van der Waals surface area contributed by atoms with Crippen molar-refractivity contribution in [1.82, 2.24) is 25.3 Å². The third-order valence-electron chi connectivity index (χ3n) is 6.79. The van der Waals surface area contributed by atoms with Gasteiger partial charge < -0.3 is 20.3 Å². The molecule has 9 nitrogen and oxygen atoms in total. The van der Waals surface area contributed by atoms with Crippen LogP contribution in [0.3, 0.4) is 0 Å². The molecule has 0 spiro atoms. The topological polar surface area (TPSA) is 106 Å². The highest BCUT2D eigenvalue weighted by atomic mass is 19.1. The summed E-state index contributed by atoms with van der Waals surface area (Å²) in [4.78, 5) is 40.9. The van der Waals surface area contributed by atoms with Crippen LogP contribution in [0.25, 0.3) is 10.9 Å². The lowest BCUT2D eigenvalue weighted by atomic mass is 9.85. The first kappa shape index (κ1) is 28.1. The number of aromatic nitrogens is 2. The van der Waals surface area contributed by atoms with Gasteiger partial charge in [0.25, 0.3) is 5.91 Å². The Morgan fingerprint density at radius 2 is 1.85 bits per heavy atom. The first-order valence-electron chi connectivity index (χ1n) is 13.3. The number of carbonyl (C=O) groups excluding carboxylic acids is 3. The Morgan fingerprint density at radius 1 is 1.13 bits per heavy atom. The van der Waals surface area contributed by atoms with Crippen molar-refractivity contribution in [3.63, 3.8) is 0 Å². The molecule has 3 amide bonds. The highest BCUT2D eigenvalue weighted by molar-refractivity contribution is 6.06. The Balaban J connectivity index is 1.54. The second kappa shape index (κ2) is 11.8. The van der Waals surface area contributed by atoms with Gasteiger partial charge in [0.15, 0.2) is 5.69 Å². The van der Waals surface area contributed by atoms with Crippen molar-refractivity contribution in [2.75, 3.05) is 19.6 Å². The fourth-order valence-electron chi connectivity index (χ4n) is 4.78. The highest BCUT2D eigenvalue weighted by Gasteiger charge is 2.38. The van der Waals surface area contributed by atoms with Gasteiger partial charge in [-0.1, -0.05) is 51.1 Å². The smallest absolute Gasteiger partial charge is 0.407 e. The van der Waals surface area contributed by atoms with Crippen molar-refractivity contribution in [3.05, 3.63) is 65.6 Å². The van der Waals surface area contributed by atoms with Crippen LogP contribution in [0.2, 0.25) is 0 Å². The maximum absolute atomic E-state index is 13.7. The van der Waals surface area contributed by atoms with Gasteiger partial charge in [0.2, 0.25) is 5.91 Å². The third kappa shape index (κ3) is 6.74. The molecule has 2 atom stereocenters. The molecule has 1 saturated heterocycles. The largest absolute Gasteiger partial charge is 0.444 e. The van der Waals surface area contributed by atoms with Crippen LogP contribution in [0.15, 0.2) is 48.5 Å². The molecule has 1 aliphatic rings. The number of halogens is 1. The van der Waals surface area contributed by atoms with E-state index in [2.05, 4.69) is 15.7 Å². The van der Waals surface area contributed by atoms with Crippen LogP contribution < -0.4 is 10.6 Å². The summed E-state index contributed by atoms with van der Waals surface area (Å²) in [6.07, 6.45) is 0.460. The lowest BCUT2D eigenvalue weighted by molar-refractivity contribution is -0.139. The monoisotopic (exact) mass is 537 g/mol. The lowest BCUT2D eigenvalue weighted by Gasteiger charge is -2.38. The molecule has 10 heteroatoms. The van der Waals surface area contributed by atoms with Gasteiger partial charge in [0.05, 0.1) is 18.6 Å². The van der Waals surface area contributed by atoms with Gasteiger partial charge >= 0.3 is 6.09 Å². The van der Waals surface area contributed by atoms with Crippen molar-refractivity contribution in [1.29, 1.82) is 0 Å². The molecule has 0 radical (unpaired) electrons. The number of rotatable bonds is 7. The molecule has 2 aromatic carbocycles. The van der Waals surface area contributed by atoms with E-state index >= 15 is 0 Å². The zero-order valence-corrected chi connectivity index (χ0v) is 22.9. The summed E-state index contributed by atoms with van der Waals surface area (Å²) in [6.45, 7) is 9.11. The van der Waals surface area contributed by atoms with E-state index in [0.717, 1.165) is 11.1 Å². The number of hydrogen-bond acceptors (Lipinski definition) is 5. The number of likely N-dealkylation sites (tertiary alicyclic amines) is 1. The van der Waals surface area contributed by atoms with Crippen LogP contribution in [0.5, 0.6) is 0 Å². The Bertz CT molecular complexity index is 1330. The minimum Gasteiger partial charge on any atom is -0.444 e. The molecule has 0 bridgehead atoms. The van der Waals surface area contributed by atoms with E-state index in [1.165, 1.54) is 12.1 Å². The lowest BCUT2D eigenvalue weighted by Crippen LogP contribution is -2.57. The summed E-state index contributed by atoms with van der Waals surface area (Å²) >= 11 is 0. The minimum absolute atomic E-state index is 0.214.